The lowest BCUT2D eigenvalue weighted by atomic mass is 9.97. The molecule has 2 heterocycles. The van der Waals surface area contributed by atoms with Crippen LogP contribution < -0.4 is 0 Å². The van der Waals surface area contributed by atoms with Gasteiger partial charge in [-0.1, -0.05) is 35.4 Å². The molecule has 29 heavy (non-hydrogen) atoms. The number of allylic oxidation sites excluding steroid dienone is 1. The van der Waals surface area contributed by atoms with Crippen LogP contribution >= 0.6 is 11.6 Å². The zero-order valence-electron chi connectivity index (χ0n) is 15.8. The van der Waals surface area contributed by atoms with Gasteiger partial charge in [-0.3, -0.25) is 14.5 Å². The first kappa shape index (κ1) is 19.4. The monoisotopic (exact) mass is 413 g/mol. The zero-order valence-corrected chi connectivity index (χ0v) is 16.5. The Balaban J connectivity index is 1.43. The van der Waals surface area contributed by atoms with Crippen LogP contribution in [0.2, 0.25) is 5.02 Å². The van der Waals surface area contributed by atoms with Crippen LogP contribution in [0.3, 0.4) is 0 Å². The number of amides is 4. The summed E-state index contributed by atoms with van der Waals surface area (Å²) in [5.74, 6) is -1.01. The number of rotatable bonds is 6. The summed E-state index contributed by atoms with van der Waals surface area (Å²) in [6, 6.07) is 6.44. The van der Waals surface area contributed by atoms with Crippen molar-refractivity contribution in [1.29, 1.82) is 0 Å². The van der Waals surface area contributed by atoms with Gasteiger partial charge in [0.05, 0.1) is 6.20 Å². The topological polar surface area (TPSA) is 83.7 Å². The lowest BCUT2D eigenvalue weighted by molar-refractivity contribution is -0.143. The summed E-state index contributed by atoms with van der Waals surface area (Å²) in [5, 5.41) is 0.555. The fourth-order valence-corrected chi connectivity index (χ4v) is 3.76. The number of nitrogens with zero attached hydrogens (tertiary/aromatic N) is 3. The molecule has 0 unspecified atom stereocenters. The number of hydrogen-bond acceptors (Lipinski definition) is 5. The third-order valence-electron chi connectivity index (χ3n) is 5.13. The molecular formula is C21H20ClN3O4. The Hall–Kier alpha value is -2.93. The van der Waals surface area contributed by atoms with Crippen molar-refractivity contribution in [3.05, 3.63) is 53.0 Å². The summed E-state index contributed by atoms with van der Waals surface area (Å²) in [7, 11) is 0. The van der Waals surface area contributed by atoms with Crippen LogP contribution in [0, 0.1) is 0 Å². The van der Waals surface area contributed by atoms with Gasteiger partial charge in [-0.15, -0.1) is 0 Å². The minimum Gasteiger partial charge on any atom is -0.439 e. The predicted molar refractivity (Wildman–Crippen MR) is 106 cm³/mol. The Morgan fingerprint density at radius 3 is 2.69 bits per heavy atom. The second-order valence-electron chi connectivity index (χ2n) is 7.12. The van der Waals surface area contributed by atoms with E-state index in [4.69, 9.17) is 16.0 Å². The van der Waals surface area contributed by atoms with Gasteiger partial charge in [0.2, 0.25) is 5.89 Å². The minimum absolute atomic E-state index is 0.173. The highest BCUT2D eigenvalue weighted by molar-refractivity contribution is 6.44. The summed E-state index contributed by atoms with van der Waals surface area (Å²) in [5.41, 5.74) is 1.97. The van der Waals surface area contributed by atoms with Gasteiger partial charge in [-0.25, -0.2) is 14.7 Å². The number of urea groups is 1. The molecule has 1 aromatic heterocycles. The van der Waals surface area contributed by atoms with Crippen LogP contribution in [0.4, 0.5) is 4.79 Å². The molecule has 7 nitrogen and oxygen atoms in total. The van der Waals surface area contributed by atoms with E-state index in [-0.39, 0.29) is 19.0 Å². The predicted octanol–water partition coefficient (Wildman–Crippen LogP) is 4.18. The van der Waals surface area contributed by atoms with Crippen molar-refractivity contribution in [2.24, 2.45) is 0 Å². The van der Waals surface area contributed by atoms with Crippen molar-refractivity contribution in [3.63, 3.8) is 0 Å². The van der Waals surface area contributed by atoms with Gasteiger partial charge in [0.1, 0.15) is 6.54 Å². The van der Waals surface area contributed by atoms with E-state index in [0.717, 1.165) is 34.6 Å². The van der Waals surface area contributed by atoms with Gasteiger partial charge in [0, 0.05) is 17.1 Å². The van der Waals surface area contributed by atoms with Gasteiger partial charge in [0.25, 0.3) is 0 Å². The Bertz CT molecular complexity index is 997. The number of halogens is 1. The van der Waals surface area contributed by atoms with Crippen LogP contribution in [0.5, 0.6) is 0 Å². The number of benzene rings is 1. The molecule has 0 N–H and O–H groups in total. The molecule has 4 rings (SSSR count). The quantitative estimate of drug-likeness (QED) is 0.403. The van der Waals surface area contributed by atoms with Gasteiger partial charge < -0.3 is 4.42 Å². The van der Waals surface area contributed by atoms with Crippen molar-refractivity contribution in [3.8, 4) is 11.3 Å². The first-order chi connectivity index (χ1) is 14.0. The summed E-state index contributed by atoms with van der Waals surface area (Å²) in [4.78, 5) is 43.2. The van der Waals surface area contributed by atoms with Crippen LogP contribution in [-0.2, 0) is 16.1 Å². The molecule has 4 amide bonds. The highest BCUT2D eigenvalue weighted by atomic mass is 35.5. The standard InChI is InChI=1S/C21H20ClN3O4/c22-16-8-4-7-15(11-16)17-12-23-18(29-17)13-25-20(27)19(26)24(21(25)28)10-9-14-5-2-1-3-6-14/h4-5,7-8,11-12H,1-3,6,9-10,13H2. The van der Waals surface area contributed by atoms with Crippen molar-refractivity contribution in [2.45, 2.75) is 38.6 Å². The molecule has 1 aliphatic heterocycles. The van der Waals surface area contributed by atoms with Crippen molar-refractivity contribution in [2.75, 3.05) is 6.54 Å². The highest BCUT2D eigenvalue weighted by Gasteiger charge is 2.44. The van der Waals surface area contributed by atoms with E-state index in [1.165, 1.54) is 18.2 Å². The van der Waals surface area contributed by atoms with Crippen LogP contribution in [-0.4, -0.2) is 39.2 Å². The Labute approximate surface area is 172 Å². The first-order valence-electron chi connectivity index (χ1n) is 9.59. The first-order valence-corrected chi connectivity index (χ1v) is 9.96. The number of aromatic nitrogens is 1. The van der Waals surface area contributed by atoms with Crippen molar-refractivity contribution >= 4 is 29.4 Å². The molecule has 0 radical (unpaired) electrons. The maximum Gasteiger partial charge on any atom is 0.334 e. The lowest BCUT2D eigenvalue weighted by Gasteiger charge is -2.17. The molecule has 0 spiro atoms. The third kappa shape index (κ3) is 4.10. The number of carbonyl (C=O) groups is 3. The molecule has 1 aromatic carbocycles. The van der Waals surface area contributed by atoms with E-state index < -0.39 is 17.8 Å². The molecule has 0 bridgehead atoms. The van der Waals surface area contributed by atoms with E-state index in [0.29, 0.717) is 17.2 Å². The molecule has 0 saturated carbocycles. The molecule has 2 aliphatic rings. The summed E-state index contributed by atoms with van der Waals surface area (Å²) in [6.45, 7) is 0.0221. The second kappa shape index (κ2) is 8.21. The molecule has 1 aliphatic carbocycles. The van der Waals surface area contributed by atoms with Gasteiger partial charge in [-0.2, -0.15) is 0 Å². The maximum atomic E-state index is 12.6. The van der Waals surface area contributed by atoms with E-state index in [9.17, 15) is 14.4 Å². The van der Waals surface area contributed by atoms with E-state index in [2.05, 4.69) is 11.1 Å². The second-order valence-corrected chi connectivity index (χ2v) is 7.55. The number of oxazole rings is 1. The summed E-state index contributed by atoms with van der Waals surface area (Å²) >= 11 is 5.99. The van der Waals surface area contributed by atoms with E-state index in [1.54, 1.807) is 18.2 Å². The molecular weight excluding hydrogens is 394 g/mol. The average Bonchev–Trinajstić information content (AvgIpc) is 3.27. The summed E-state index contributed by atoms with van der Waals surface area (Å²) in [6.07, 6.45) is 8.58. The maximum absolute atomic E-state index is 12.6. The van der Waals surface area contributed by atoms with Crippen molar-refractivity contribution in [1.82, 2.24) is 14.8 Å². The molecule has 2 aromatic rings. The van der Waals surface area contributed by atoms with Gasteiger partial charge >= 0.3 is 17.8 Å². The number of carbonyl (C=O) groups excluding carboxylic acids is 3. The average molecular weight is 414 g/mol. The number of imide groups is 2. The highest BCUT2D eigenvalue weighted by Crippen LogP contribution is 2.25. The largest absolute Gasteiger partial charge is 0.439 e. The summed E-state index contributed by atoms with van der Waals surface area (Å²) < 4.78 is 5.65. The molecule has 1 fully saturated rings. The smallest absolute Gasteiger partial charge is 0.334 e. The van der Waals surface area contributed by atoms with Crippen molar-refractivity contribution < 1.29 is 18.8 Å². The molecule has 1 saturated heterocycles. The Morgan fingerprint density at radius 1 is 1.10 bits per heavy atom. The third-order valence-corrected chi connectivity index (χ3v) is 5.37. The van der Waals surface area contributed by atoms with E-state index >= 15 is 0 Å². The van der Waals surface area contributed by atoms with Gasteiger partial charge in [-0.05, 0) is 44.2 Å². The van der Waals surface area contributed by atoms with Gasteiger partial charge in [0.15, 0.2) is 5.76 Å². The van der Waals surface area contributed by atoms with Crippen LogP contribution in [0.25, 0.3) is 11.3 Å². The fraction of sp³-hybridized carbons (Fsp3) is 0.333. The minimum atomic E-state index is -0.852. The zero-order chi connectivity index (χ0) is 20.4. The lowest BCUT2D eigenvalue weighted by Crippen LogP contribution is -2.34. The molecule has 150 valence electrons. The van der Waals surface area contributed by atoms with E-state index in [1.807, 2.05) is 6.07 Å². The fourth-order valence-electron chi connectivity index (χ4n) is 3.57. The number of hydrogen-bond donors (Lipinski definition) is 0. The SMILES string of the molecule is O=C1C(=O)N(Cc2ncc(-c3cccc(Cl)c3)o2)C(=O)N1CCC1=CCCCC1. The van der Waals surface area contributed by atoms with Crippen LogP contribution in [0.15, 0.2) is 46.5 Å². The Kier molecular flexibility index (Phi) is 5.49. The van der Waals surface area contributed by atoms with Crippen LogP contribution in [0.1, 0.15) is 38.0 Å². The molecule has 8 heteroatoms. The normalized spacial score (nSPS) is 17.3. The molecule has 0 atom stereocenters. The Morgan fingerprint density at radius 2 is 1.93 bits per heavy atom.